The van der Waals surface area contributed by atoms with Gasteiger partial charge in [-0.1, -0.05) is 30.7 Å². The molecule has 3 aromatic rings. The van der Waals surface area contributed by atoms with Gasteiger partial charge in [-0.15, -0.1) is 0 Å². The Kier molecular flexibility index (Phi) is 4.29. The summed E-state index contributed by atoms with van der Waals surface area (Å²) in [4.78, 5) is 4.46. The average molecular weight is 366 g/mol. The number of pyridine rings is 1. The number of benzene rings is 1. The Hall–Kier alpha value is -1.36. The van der Waals surface area contributed by atoms with Crippen LogP contribution in [0.25, 0.3) is 11.0 Å². The lowest BCUT2D eigenvalue weighted by molar-refractivity contribution is 0.470. The molecule has 2 aromatic heterocycles. The molecule has 108 valence electrons. The molecule has 0 aliphatic heterocycles. The van der Waals surface area contributed by atoms with Crippen LogP contribution in [0.5, 0.6) is 0 Å². The maximum Gasteiger partial charge on any atom is 0.152 e. The van der Waals surface area contributed by atoms with Crippen molar-refractivity contribution in [3.8, 4) is 0 Å². The molecule has 1 atom stereocenters. The predicted molar refractivity (Wildman–Crippen MR) is 88.7 cm³/mol. The van der Waals surface area contributed by atoms with Gasteiger partial charge in [-0.25, -0.2) is 0 Å². The number of furan rings is 1. The Balaban J connectivity index is 2.11. The van der Waals surface area contributed by atoms with Crippen molar-refractivity contribution in [2.75, 3.05) is 6.54 Å². The van der Waals surface area contributed by atoms with E-state index >= 15 is 0 Å². The molecule has 0 radical (unpaired) electrons. The van der Waals surface area contributed by atoms with E-state index < -0.39 is 0 Å². The largest absolute Gasteiger partial charge is 0.457 e. The molecule has 0 saturated carbocycles. The van der Waals surface area contributed by atoms with Crippen molar-refractivity contribution in [1.29, 1.82) is 0 Å². The maximum absolute atomic E-state index is 6.19. The first-order chi connectivity index (χ1) is 10.2. The van der Waals surface area contributed by atoms with Crippen LogP contribution < -0.4 is 5.32 Å². The van der Waals surface area contributed by atoms with E-state index in [-0.39, 0.29) is 6.04 Å². The molecule has 3 nitrogen and oxygen atoms in total. The van der Waals surface area contributed by atoms with Crippen molar-refractivity contribution in [1.82, 2.24) is 10.3 Å². The zero-order valence-corrected chi connectivity index (χ0v) is 13.8. The Morgan fingerprint density at radius 3 is 2.90 bits per heavy atom. The van der Waals surface area contributed by atoms with Crippen molar-refractivity contribution in [3.63, 3.8) is 0 Å². The molecule has 3 rings (SSSR count). The number of aromatic nitrogens is 1. The van der Waals surface area contributed by atoms with E-state index in [0.717, 1.165) is 27.9 Å². The van der Waals surface area contributed by atoms with Gasteiger partial charge in [-0.05, 0) is 46.7 Å². The summed E-state index contributed by atoms with van der Waals surface area (Å²) < 4.78 is 6.91. The van der Waals surface area contributed by atoms with Crippen molar-refractivity contribution in [2.24, 2.45) is 0 Å². The molecule has 1 aromatic carbocycles. The number of hydrogen-bond acceptors (Lipinski definition) is 3. The van der Waals surface area contributed by atoms with Gasteiger partial charge in [0.15, 0.2) is 5.58 Å². The van der Waals surface area contributed by atoms with E-state index in [1.54, 1.807) is 6.20 Å². The normalized spacial score (nSPS) is 12.7. The molecule has 0 saturated heterocycles. The van der Waals surface area contributed by atoms with Gasteiger partial charge in [-0.3, -0.25) is 4.98 Å². The number of nitrogens with one attached hydrogen (secondary N) is 1. The van der Waals surface area contributed by atoms with Crippen LogP contribution in [0, 0.1) is 0 Å². The quantitative estimate of drug-likeness (QED) is 0.711. The molecule has 1 N–H and O–H groups in total. The van der Waals surface area contributed by atoms with Crippen molar-refractivity contribution in [2.45, 2.75) is 13.0 Å². The van der Waals surface area contributed by atoms with Gasteiger partial charge in [0.25, 0.3) is 0 Å². The summed E-state index contributed by atoms with van der Waals surface area (Å²) in [5.41, 5.74) is 1.61. The molecule has 21 heavy (non-hydrogen) atoms. The van der Waals surface area contributed by atoms with Crippen LogP contribution in [-0.2, 0) is 0 Å². The fraction of sp³-hybridized carbons (Fsp3) is 0.188. The van der Waals surface area contributed by atoms with Crippen molar-refractivity contribution in [3.05, 3.63) is 63.5 Å². The third-order valence-corrected chi connectivity index (χ3v) is 4.24. The molecular weight excluding hydrogens is 352 g/mol. The minimum atomic E-state index is -0.117. The van der Waals surface area contributed by atoms with E-state index in [0.29, 0.717) is 10.6 Å². The van der Waals surface area contributed by atoms with E-state index in [1.165, 1.54) is 0 Å². The first-order valence-corrected chi connectivity index (χ1v) is 7.89. The Bertz CT molecular complexity index is 772. The Morgan fingerprint density at radius 1 is 1.33 bits per heavy atom. The van der Waals surface area contributed by atoms with Gasteiger partial charge >= 0.3 is 0 Å². The third-order valence-electron chi connectivity index (χ3n) is 3.27. The number of hydrogen-bond donors (Lipinski definition) is 1. The van der Waals surface area contributed by atoms with E-state index in [9.17, 15) is 0 Å². The van der Waals surface area contributed by atoms with Crippen LogP contribution in [-0.4, -0.2) is 11.5 Å². The molecule has 0 fully saturated rings. The molecule has 5 heteroatoms. The van der Waals surface area contributed by atoms with Crippen LogP contribution in [0.15, 0.2) is 51.5 Å². The lowest BCUT2D eigenvalue weighted by Crippen LogP contribution is -2.22. The molecule has 0 aliphatic carbocycles. The third kappa shape index (κ3) is 2.84. The van der Waals surface area contributed by atoms with Crippen LogP contribution in [0.4, 0.5) is 0 Å². The second kappa shape index (κ2) is 6.18. The van der Waals surface area contributed by atoms with Crippen LogP contribution in [0.2, 0.25) is 5.02 Å². The molecule has 2 heterocycles. The fourth-order valence-electron chi connectivity index (χ4n) is 2.34. The van der Waals surface area contributed by atoms with Gasteiger partial charge in [0, 0.05) is 16.1 Å². The highest BCUT2D eigenvalue weighted by molar-refractivity contribution is 9.10. The fourth-order valence-corrected chi connectivity index (χ4v) is 3.04. The zero-order chi connectivity index (χ0) is 14.8. The second-order valence-corrected chi connectivity index (χ2v) is 5.93. The van der Waals surface area contributed by atoms with Gasteiger partial charge in [0.05, 0.1) is 10.7 Å². The van der Waals surface area contributed by atoms with E-state index in [4.69, 9.17) is 16.0 Å². The molecule has 0 bridgehead atoms. The van der Waals surface area contributed by atoms with Crippen molar-refractivity contribution >= 4 is 38.5 Å². The van der Waals surface area contributed by atoms with Crippen LogP contribution >= 0.6 is 27.5 Å². The van der Waals surface area contributed by atoms with Crippen LogP contribution in [0.1, 0.15) is 24.4 Å². The number of para-hydroxylation sites is 1. The molecule has 0 spiro atoms. The highest BCUT2D eigenvalue weighted by atomic mass is 79.9. The second-order valence-electron chi connectivity index (χ2n) is 4.67. The molecular formula is C16H14BrClN2O. The SMILES string of the molecule is CCNC(c1cc2cccc(Cl)c2o1)c1ncccc1Br. The molecule has 0 aliphatic rings. The lowest BCUT2D eigenvalue weighted by atomic mass is 10.1. The number of rotatable bonds is 4. The number of nitrogens with zero attached hydrogens (tertiary/aromatic N) is 1. The summed E-state index contributed by atoms with van der Waals surface area (Å²) in [5, 5.41) is 5.02. The summed E-state index contributed by atoms with van der Waals surface area (Å²) in [7, 11) is 0. The minimum Gasteiger partial charge on any atom is -0.457 e. The maximum atomic E-state index is 6.19. The minimum absolute atomic E-state index is 0.117. The highest BCUT2D eigenvalue weighted by Gasteiger charge is 2.21. The van der Waals surface area contributed by atoms with Crippen molar-refractivity contribution < 1.29 is 4.42 Å². The van der Waals surface area contributed by atoms with Gasteiger partial charge in [-0.2, -0.15) is 0 Å². The summed E-state index contributed by atoms with van der Waals surface area (Å²) >= 11 is 9.74. The van der Waals surface area contributed by atoms with Gasteiger partial charge < -0.3 is 9.73 Å². The highest BCUT2D eigenvalue weighted by Crippen LogP contribution is 2.33. The number of fused-ring (bicyclic) bond motifs is 1. The summed E-state index contributed by atoms with van der Waals surface area (Å²) in [6, 6.07) is 11.5. The van der Waals surface area contributed by atoms with Gasteiger partial charge in [0.1, 0.15) is 11.8 Å². The zero-order valence-electron chi connectivity index (χ0n) is 11.4. The predicted octanol–water partition coefficient (Wildman–Crippen LogP) is 4.94. The first-order valence-electron chi connectivity index (χ1n) is 6.72. The monoisotopic (exact) mass is 364 g/mol. The van der Waals surface area contributed by atoms with E-state index in [1.807, 2.05) is 36.4 Å². The molecule has 0 amide bonds. The van der Waals surface area contributed by atoms with E-state index in [2.05, 4.69) is 33.2 Å². The average Bonchev–Trinajstić information content (AvgIpc) is 2.91. The van der Waals surface area contributed by atoms with Gasteiger partial charge in [0.2, 0.25) is 0 Å². The standard InChI is InChI=1S/C16H14BrClN2O/c1-2-19-15(14-11(17)6-4-8-20-14)13-9-10-5-3-7-12(18)16(10)21-13/h3-9,15,19H,2H2,1H3. The number of halogens is 2. The summed E-state index contributed by atoms with van der Waals surface area (Å²) in [5.74, 6) is 0.805. The Labute approximate surface area is 136 Å². The first kappa shape index (κ1) is 14.6. The smallest absolute Gasteiger partial charge is 0.152 e. The summed E-state index contributed by atoms with van der Waals surface area (Å²) in [6.07, 6.45) is 1.78. The lowest BCUT2D eigenvalue weighted by Gasteiger charge is -2.16. The molecule has 1 unspecified atom stereocenters. The topological polar surface area (TPSA) is 38.1 Å². The Morgan fingerprint density at radius 2 is 2.19 bits per heavy atom. The summed E-state index contributed by atoms with van der Waals surface area (Å²) in [6.45, 7) is 2.86. The van der Waals surface area contributed by atoms with Crippen LogP contribution in [0.3, 0.4) is 0 Å².